The SMILES string of the molecule is CCCSc1nc2sc3c(c2c2nnc(SCCC(C)C)n12)CC(C)(CC)OC3. The van der Waals surface area contributed by atoms with Gasteiger partial charge in [-0.25, -0.2) is 9.38 Å². The molecule has 0 radical (unpaired) electrons. The van der Waals surface area contributed by atoms with Crippen LogP contribution in [0, 0.1) is 5.92 Å². The standard InChI is InChI=1S/C21H30N4OS3/c1-6-9-27-19-22-18-16(14-11-21(5,7-2)26-12-15(14)29-18)17-23-24-20(25(17)19)28-10-8-13(3)4/h13H,6-12H2,1-5H3. The highest BCUT2D eigenvalue weighted by Crippen LogP contribution is 2.42. The van der Waals surface area contributed by atoms with E-state index >= 15 is 0 Å². The largest absolute Gasteiger partial charge is 0.369 e. The Balaban J connectivity index is 1.84. The smallest absolute Gasteiger partial charge is 0.197 e. The first-order chi connectivity index (χ1) is 14.0. The number of aromatic nitrogens is 4. The molecule has 1 aliphatic heterocycles. The molecule has 0 N–H and O–H groups in total. The second kappa shape index (κ2) is 8.73. The summed E-state index contributed by atoms with van der Waals surface area (Å²) >= 11 is 5.37. The molecule has 0 amide bonds. The molecule has 0 saturated heterocycles. The van der Waals surface area contributed by atoms with Crippen molar-refractivity contribution in [2.75, 3.05) is 11.5 Å². The van der Waals surface area contributed by atoms with Crippen molar-refractivity contribution in [2.24, 2.45) is 5.92 Å². The molecule has 1 unspecified atom stereocenters. The van der Waals surface area contributed by atoms with Crippen LogP contribution in [-0.2, 0) is 17.8 Å². The molecule has 0 bridgehead atoms. The lowest BCUT2D eigenvalue weighted by molar-refractivity contribution is -0.0542. The van der Waals surface area contributed by atoms with Gasteiger partial charge in [-0.15, -0.1) is 21.5 Å². The Kier molecular flexibility index (Phi) is 6.44. The average Bonchev–Trinajstić information content (AvgIpc) is 3.26. The van der Waals surface area contributed by atoms with Crippen LogP contribution in [-0.4, -0.2) is 36.7 Å². The van der Waals surface area contributed by atoms with E-state index in [1.54, 1.807) is 23.1 Å². The Labute approximate surface area is 185 Å². The van der Waals surface area contributed by atoms with Crippen LogP contribution in [0.5, 0.6) is 0 Å². The summed E-state index contributed by atoms with van der Waals surface area (Å²) in [5, 5.41) is 12.4. The predicted octanol–water partition coefficient (Wildman–Crippen LogP) is 6.22. The summed E-state index contributed by atoms with van der Waals surface area (Å²) in [6, 6.07) is 0. The second-order valence-electron chi connectivity index (χ2n) is 8.37. The number of thioether (sulfide) groups is 2. The molecule has 1 atom stereocenters. The van der Waals surface area contributed by atoms with Crippen molar-refractivity contribution in [3.8, 4) is 0 Å². The van der Waals surface area contributed by atoms with Crippen LogP contribution in [0.15, 0.2) is 10.3 Å². The van der Waals surface area contributed by atoms with Gasteiger partial charge < -0.3 is 4.74 Å². The van der Waals surface area contributed by atoms with Gasteiger partial charge in [0.1, 0.15) is 4.83 Å². The second-order valence-corrected chi connectivity index (χ2v) is 11.6. The quantitative estimate of drug-likeness (QED) is 0.300. The van der Waals surface area contributed by atoms with Crippen LogP contribution in [0.3, 0.4) is 0 Å². The summed E-state index contributed by atoms with van der Waals surface area (Å²) in [7, 11) is 0. The van der Waals surface area contributed by atoms with E-state index in [1.165, 1.54) is 22.2 Å². The molecule has 8 heteroatoms. The van der Waals surface area contributed by atoms with Gasteiger partial charge in [-0.1, -0.05) is 51.2 Å². The molecule has 1 aliphatic rings. The Bertz CT molecular complexity index is 1010. The predicted molar refractivity (Wildman–Crippen MR) is 125 cm³/mol. The monoisotopic (exact) mass is 450 g/mol. The highest BCUT2D eigenvalue weighted by molar-refractivity contribution is 7.99. The molecular weight excluding hydrogens is 420 g/mol. The van der Waals surface area contributed by atoms with Crippen LogP contribution in [0.4, 0.5) is 0 Å². The summed E-state index contributed by atoms with van der Waals surface area (Å²) in [6.07, 6.45) is 4.21. The first-order valence-electron chi connectivity index (χ1n) is 10.5. The molecule has 4 rings (SSSR count). The zero-order valence-corrected chi connectivity index (χ0v) is 20.4. The molecule has 4 heterocycles. The van der Waals surface area contributed by atoms with Gasteiger partial charge in [-0.2, -0.15) is 0 Å². The van der Waals surface area contributed by atoms with Gasteiger partial charge in [0.2, 0.25) is 0 Å². The number of thiophene rings is 1. The van der Waals surface area contributed by atoms with E-state index in [2.05, 4.69) is 49.2 Å². The van der Waals surface area contributed by atoms with Crippen LogP contribution < -0.4 is 0 Å². The van der Waals surface area contributed by atoms with E-state index in [9.17, 15) is 0 Å². The molecule has 3 aromatic heterocycles. The Morgan fingerprint density at radius 1 is 1.17 bits per heavy atom. The number of ether oxygens (including phenoxy) is 1. The van der Waals surface area contributed by atoms with Crippen molar-refractivity contribution in [3.05, 3.63) is 10.4 Å². The van der Waals surface area contributed by atoms with E-state index < -0.39 is 0 Å². The number of fused-ring (bicyclic) bond motifs is 5. The van der Waals surface area contributed by atoms with Gasteiger partial charge >= 0.3 is 0 Å². The van der Waals surface area contributed by atoms with Gasteiger partial charge in [0.15, 0.2) is 16.0 Å². The van der Waals surface area contributed by atoms with Crippen molar-refractivity contribution in [1.82, 2.24) is 19.6 Å². The van der Waals surface area contributed by atoms with Gasteiger partial charge in [0.05, 0.1) is 17.6 Å². The van der Waals surface area contributed by atoms with E-state index in [0.717, 1.165) is 51.6 Å². The molecule has 0 saturated carbocycles. The summed E-state index contributed by atoms with van der Waals surface area (Å²) < 4.78 is 8.40. The fourth-order valence-corrected chi connectivity index (χ4v) is 6.74. The van der Waals surface area contributed by atoms with E-state index in [1.807, 2.05) is 11.8 Å². The maximum absolute atomic E-state index is 6.19. The minimum Gasteiger partial charge on any atom is -0.369 e. The third-order valence-electron chi connectivity index (χ3n) is 5.53. The summed E-state index contributed by atoms with van der Waals surface area (Å²) in [4.78, 5) is 7.47. The highest BCUT2D eigenvalue weighted by atomic mass is 32.2. The fourth-order valence-electron chi connectivity index (χ4n) is 3.51. The van der Waals surface area contributed by atoms with Crippen molar-refractivity contribution in [2.45, 2.75) is 82.8 Å². The van der Waals surface area contributed by atoms with Crippen LogP contribution in [0.1, 0.15) is 64.3 Å². The number of rotatable bonds is 8. The molecule has 0 aromatic carbocycles. The fraction of sp³-hybridized carbons (Fsp3) is 0.667. The average molecular weight is 451 g/mol. The number of nitrogens with zero attached hydrogens (tertiary/aromatic N) is 4. The van der Waals surface area contributed by atoms with Gasteiger partial charge in [-0.3, -0.25) is 0 Å². The first kappa shape index (κ1) is 21.4. The number of hydrogen-bond donors (Lipinski definition) is 0. The van der Waals surface area contributed by atoms with E-state index in [-0.39, 0.29) is 5.60 Å². The van der Waals surface area contributed by atoms with Crippen LogP contribution in [0.25, 0.3) is 15.9 Å². The lowest BCUT2D eigenvalue weighted by atomic mass is 9.90. The zero-order valence-electron chi connectivity index (χ0n) is 17.9. The molecule has 158 valence electrons. The lowest BCUT2D eigenvalue weighted by Crippen LogP contribution is -2.33. The normalized spacial score (nSPS) is 19.5. The molecule has 3 aromatic rings. The van der Waals surface area contributed by atoms with Crippen molar-refractivity contribution >= 4 is 50.7 Å². The third-order valence-corrected chi connectivity index (χ3v) is 8.74. The molecular formula is C21H30N4OS3. The molecule has 0 spiro atoms. The first-order valence-corrected chi connectivity index (χ1v) is 13.3. The molecule has 5 nitrogen and oxygen atoms in total. The van der Waals surface area contributed by atoms with Gasteiger partial charge in [0, 0.05) is 22.8 Å². The minimum absolute atomic E-state index is 0.109. The maximum atomic E-state index is 6.19. The molecule has 0 fully saturated rings. The Morgan fingerprint density at radius 2 is 1.97 bits per heavy atom. The minimum atomic E-state index is -0.109. The van der Waals surface area contributed by atoms with E-state index in [0.29, 0.717) is 12.5 Å². The van der Waals surface area contributed by atoms with Crippen LogP contribution >= 0.6 is 34.9 Å². The van der Waals surface area contributed by atoms with Crippen molar-refractivity contribution in [1.29, 1.82) is 0 Å². The summed E-state index contributed by atoms with van der Waals surface area (Å²) in [5.41, 5.74) is 2.23. The van der Waals surface area contributed by atoms with Crippen molar-refractivity contribution in [3.63, 3.8) is 0 Å². The van der Waals surface area contributed by atoms with E-state index in [4.69, 9.17) is 9.72 Å². The highest BCUT2D eigenvalue weighted by Gasteiger charge is 2.33. The third kappa shape index (κ3) is 4.18. The maximum Gasteiger partial charge on any atom is 0.197 e. The van der Waals surface area contributed by atoms with Crippen molar-refractivity contribution < 1.29 is 4.74 Å². The van der Waals surface area contributed by atoms with Crippen LogP contribution in [0.2, 0.25) is 0 Å². The zero-order chi connectivity index (χ0) is 20.6. The summed E-state index contributed by atoms with van der Waals surface area (Å²) in [5.74, 6) is 2.79. The molecule has 0 aliphatic carbocycles. The lowest BCUT2D eigenvalue weighted by Gasteiger charge is -2.33. The summed E-state index contributed by atoms with van der Waals surface area (Å²) in [6.45, 7) is 11.8. The number of hydrogen-bond acceptors (Lipinski definition) is 7. The molecule has 29 heavy (non-hydrogen) atoms. The van der Waals surface area contributed by atoms with Gasteiger partial charge in [-0.05, 0) is 37.7 Å². The van der Waals surface area contributed by atoms with Gasteiger partial charge in [0.25, 0.3) is 0 Å². The topological polar surface area (TPSA) is 52.3 Å². The Morgan fingerprint density at radius 3 is 2.69 bits per heavy atom. The Hall–Kier alpha value is -0.830.